The molecule has 120 valence electrons. The van der Waals surface area contributed by atoms with Crippen LogP contribution in [0.4, 0.5) is 0 Å². The van der Waals surface area contributed by atoms with Crippen molar-refractivity contribution in [1.29, 1.82) is 0 Å². The number of aliphatic hydroxyl groups is 1. The normalized spacial score (nSPS) is 17.5. The van der Waals surface area contributed by atoms with Crippen LogP contribution in [0.5, 0.6) is 0 Å². The van der Waals surface area contributed by atoms with Gasteiger partial charge in [0.25, 0.3) is 0 Å². The van der Waals surface area contributed by atoms with Gasteiger partial charge in [0, 0.05) is 0 Å². The molecule has 1 aromatic heterocycles. The molecule has 0 aliphatic heterocycles. The van der Waals surface area contributed by atoms with Crippen molar-refractivity contribution in [2.75, 3.05) is 0 Å². The van der Waals surface area contributed by atoms with Crippen LogP contribution in [0.3, 0.4) is 0 Å². The van der Waals surface area contributed by atoms with Gasteiger partial charge in [-0.2, -0.15) is 0 Å². The van der Waals surface area contributed by atoms with E-state index in [9.17, 15) is 13.5 Å². The lowest BCUT2D eigenvalue weighted by atomic mass is 9.91. The smallest absolute Gasteiger partial charge is 0.250 e. The molecule has 3 atom stereocenters. The van der Waals surface area contributed by atoms with Gasteiger partial charge in [0.1, 0.15) is 4.21 Å². The van der Waals surface area contributed by atoms with Gasteiger partial charge < -0.3 is 5.11 Å². The number of thiophene rings is 1. The Morgan fingerprint density at radius 2 is 2.14 bits per heavy atom. The van der Waals surface area contributed by atoms with E-state index in [1.54, 1.807) is 19.1 Å². The zero-order valence-electron chi connectivity index (χ0n) is 12.6. The Labute approximate surface area is 135 Å². The fourth-order valence-corrected chi connectivity index (χ4v) is 4.73. The van der Waals surface area contributed by atoms with Crippen LogP contribution in [0.1, 0.15) is 34.1 Å². The maximum absolute atomic E-state index is 12.4. The minimum Gasteiger partial charge on any atom is -0.387 e. The lowest BCUT2D eigenvalue weighted by Gasteiger charge is -2.29. The molecule has 0 bridgehead atoms. The Kier molecular flexibility index (Phi) is 6.87. The summed E-state index contributed by atoms with van der Waals surface area (Å²) in [5, 5.41) is 10.4. The Morgan fingerprint density at radius 3 is 2.57 bits per heavy atom. The lowest BCUT2D eigenvalue weighted by Crippen LogP contribution is -2.47. The molecule has 2 N–H and O–H groups in total. The quantitative estimate of drug-likeness (QED) is 0.739. The van der Waals surface area contributed by atoms with E-state index in [1.807, 2.05) is 20.8 Å². The minimum atomic E-state index is -3.68. The highest BCUT2D eigenvalue weighted by Crippen LogP contribution is 2.27. The molecule has 1 rings (SSSR count). The number of rotatable bonds is 7. The van der Waals surface area contributed by atoms with Gasteiger partial charge in [-0.3, -0.25) is 0 Å². The Bertz CT molecular complexity index is 595. The number of aliphatic hydroxyl groups excluding tert-OH is 1. The van der Waals surface area contributed by atoms with Crippen LogP contribution in [0, 0.1) is 5.92 Å². The zero-order valence-corrected chi connectivity index (χ0v) is 15.0. The highest BCUT2D eigenvalue weighted by atomic mass is 35.5. The maximum atomic E-state index is 12.4. The Hall–Kier alpha value is -0.400. The molecule has 1 heterocycles. The van der Waals surface area contributed by atoms with Crippen LogP contribution in [-0.2, 0) is 10.0 Å². The number of hydrogen-bond donors (Lipinski definition) is 2. The molecule has 4 nitrogen and oxygen atoms in total. The van der Waals surface area contributed by atoms with E-state index in [4.69, 9.17) is 11.6 Å². The number of halogens is 1. The van der Waals surface area contributed by atoms with Crippen molar-refractivity contribution in [3.63, 3.8) is 0 Å². The van der Waals surface area contributed by atoms with Crippen LogP contribution in [-0.4, -0.2) is 25.7 Å². The second-order valence-corrected chi connectivity index (χ2v) is 8.72. The van der Waals surface area contributed by atoms with E-state index in [2.05, 4.69) is 4.72 Å². The summed E-state index contributed by atoms with van der Waals surface area (Å²) in [6.45, 7) is 7.49. The standard InChI is InChI=1S/C14H22ClNO3S2/c1-5-9(3)13(14(17)10(4)6-2)16-21(18,19)12-8-7-11(15)20-12/h6-9,13-14,16-17H,5H2,1-4H3/t9-,13?,14-/m0/s1. The van der Waals surface area contributed by atoms with Crippen molar-refractivity contribution in [2.24, 2.45) is 5.92 Å². The van der Waals surface area contributed by atoms with Gasteiger partial charge in [-0.15, -0.1) is 11.3 Å². The second kappa shape index (κ2) is 7.74. The van der Waals surface area contributed by atoms with Crippen molar-refractivity contribution in [3.05, 3.63) is 28.1 Å². The monoisotopic (exact) mass is 351 g/mol. The van der Waals surface area contributed by atoms with E-state index in [1.165, 1.54) is 6.07 Å². The van der Waals surface area contributed by atoms with E-state index >= 15 is 0 Å². The first-order valence-corrected chi connectivity index (χ1v) is 9.49. The van der Waals surface area contributed by atoms with Crippen molar-refractivity contribution in [3.8, 4) is 0 Å². The molecule has 0 radical (unpaired) electrons. The second-order valence-electron chi connectivity index (χ2n) is 5.07. The van der Waals surface area contributed by atoms with Gasteiger partial charge in [0.05, 0.1) is 16.5 Å². The third-order valence-corrected chi connectivity index (χ3v) is 6.81. The van der Waals surface area contributed by atoms with Crippen molar-refractivity contribution < 1.29 is 13.5 Å². The van der Waals surface area contributed by atoms with Crippen molar-refractivity contribution in [1.82, 2.24) is 4.72 Å². The molecule has 0 spiro atoms. The number of allylic oxidation sites excluding steroid dienone is 1. The molecule has 0 fully saturated rings. The molecular formula is C14H22ClNO3S2. The Balaban J connectivity index is 3.06. The summed E-state index contributed by atoms with van der Waals surface area (Å²) in [5.41, 5.74) is 0.743. The van der Waals surface area contributed by atoms with Crippen LogP contribution in [0.25, 0.3) is 0 Å². The lowest BCUT2D eigenvalue weighted by molar-refractivity contribution is 0.142. The largest absolute Gasteiger partial charge is 0.387 e. The summed E-state index contributed by atoms with van der Waals surface area (Å²) in [7, 11) is -3.68. The highest BCUT2D eigenvalue weighted by Gasteiger charge is 2.30. The van der Waals surface area contributed by atoms with Crippen LogP contribution < -0.4 is 4.72 Å². The number of hydrogen-bond acceptors (Lipinski definition) is 4. The van der Waals surface area contributed by atoms with E-state index < -0.39 is 22.2 Å². The first kappa shape index (κ1) is 18.6. The van der Waals surface area contributed by atoms with E-state index in [0.29, 0.717) is 4.34 Å². The van der Waals surface area contributed by atoms with Crippen LogP contribution in [0.2, 0.25) is 4.34 Å². The molecule has 0 saturated carbocycles. The summed E-state index contributed by atoms with van der Waals surface area (Å²) in [6.07, 6.45) is 1.69. The molecule has 0 saturated heterocycles. The first-order valence-electron chi connectivity index (χ1n) is 6.81. The summed E-state index contributed by atoms with van der Waals surface area (Å²) in [5.74, 6) is 0.000101. The summed E-state index contributed by atoms with van der Waals surface area (Å²) in [6, 6.07) is 2.45. The third-order valence-electron chi connectivity index (χ3n) is 3.62. The van der Waals surface area contributed by atoms with E-state index in [-0.39, 0.29) is 10.1 Å². The fraction of sp³-hybridized carbons (Fsp3) is 0.571. The average Bonchev–Trinajstić information content (AvgIpc) is 2.89. The van der Waals surface area contributed by atoms with Crippen molar-refractivity contribution >= 4 is 33.0 Å². The maximum Gasteiger partial charge on any atom is 0.250 e. The van der Waals surface area contributed by atoms with Crippen LogP contribution in [0.15, 0.2) is 28.0 Å². The van der Waals surface area contributed by atoms with Gasteiger partial charge in [-0.1, -0.05) is 37.9 Å². The molecule has 0 aromatic carbocycles. The summed E-state index contributed by atoms with van der Waals surface area (Å²) >= 11 is 6.80. The summed E-state index contributed by atoms with van der Waals surface area (Å²) < 4.78 is 28.0. The van der Waals surface area contributed by atoms with Gasteiger partial charge in [0.15, 0.2) is 0 Å². The van der Waals surface area contributed by atoms with Gasteiger partial charge in [-0.25, -0.2) is 13.1 Å². The third kappa shape index (κ3) is 4.79. The number of sulfonamides is 1. The van der Waals surface area contributed by atoms with Crippen molar-refractivity contribution in [2.45, 2.75) is 50.5 Å². The molecule has 1 unspecified atom stereocenters. The molecule has 0 aliphatic rings. The number of nitrogens with one attached hydrogen (secondary N) is 1. The summed E-state index contributed by atoms with van der Waals surface area (Å²) in [4.78, 5) is 0. The average molecular weight is 352 g/mol. The Morgan fingerprint density at radius 1 is 1.52 bits per heavy atom. The van der Waals surface area contributed by atoms with Crippen LogP contribution >= 0.6 is 22.9 Å². The molecule has 7 heteroatoms. The highest BCUT2D eigenvalue weighted by molar-refractivity contribution is 7.91. The SMILES string of the molecule is CC=C(C)[C@H](O)C(NS(=O)(=O)c1ccc(Cl)s1)[C@@H](C)CC. The van der Waals surface area contributed by atoms with Gasteiger partial charge in [-0.05, 0) is 37.5 Å². The predicted molar refractivity (Wildman–Crippen MR) is 88.3 cm³/mol. The van der Waals surface area contributed by atoms with E-state index in [0.717, 1.165) is 23.3 Å². The molecule has 1 aromatic rings. The zero-order chi connectivity index (χ0) is 16.2. The molecule has 0 amide bonds. The molecule has 21 heavy (non-hydrogen) atoms. The predicted octanol–water partition coefficient (Wildman–Crippen LogP) is 3.42. The molecular weight excluding hydrogens is 330 g/mol. The fourth-order valence-electron chi connectivity index (χ4n) is 1.88. The van der Waals surface area contributed by atoms with Gasteiger partial charge in [0.2, 0.25) is 10.0 Å². The van der Waals surface area contributed by atoms with Gasteiger partial charge >= 0.3 is 0 Å². The first-order chi connectivity index (χ1) is 9.72. The molecule has 0 aliphatic carbocycles. The minimum absolute atomic E-state index is 0.000101. The topological polar surface area (TPSA) is 66.4 Å².